The van der Waals surface area contributed by atoms with Gasteiger partial charge in [-0.1, -0.05) is 66.7 Å². The highest BCUT2D eigenvalue weighted by Crippen LogP contribution is 2.38. The normalized spacial score (nSPS) is 16.2. The number of aromatic nitrogens is 1. The quantitative estimate of drug-likeness (QED) is 0.137. The molecule has 2 aliphatic heterocycles. The number of ether oxygens (including phenoxy) is 1. The zero-order valence-electron chi connectivity index (χ0n) is 25.9. The van der Waals surface area contributed by atoms with Crippen molar-refractivity contribution in [3.05, 3.63) is 120 Å². The SMILES string of the molecule is O=C(COc1ccccc1-c1cccc2c1CN(C1CCC(=O)NC1=O)C2=O)N/N=C/c1cn(S(=O)(=O)c2ccccc2)c2ccccc12. The predicted molar refractivity (Wildman–Crippen MR) is 180 cm³/mol. The number of hydrogen-bond donors (Lipinski definition) is 2. The summed E-state index contributed by atoms with van der Waals surface area (Å²) in [4.78, 5) is 52.0. The number of carbonyl (C=O) groups excluding carboxylic acids is 4. The van der Waals surface area contributed by atoms with Gasteiger partial charge >= 0.3 is 0 Å². The molecule has 49 heavy (non-hydrogen) atoms. The predicted octanol–water partition coefficient (Wildman–Crippen LogP) is 3.84. The Balaban J connectivity index is 1.06. The van der Waals surface area contributed by atoms with Crippen LogP contribution in [0.4, 0.5) is 0 Å². The first-order chi connectivity index (χ1) is 23.7. The van der Waals surface area contributed by atoms with Crippen LogP contribution in [-0.2, 0) is 31.0 Å². The molecule has 1 saturated heterocycles. The number of hydrazone groups is 1. The summed E-state index contributed by atoms with van der Waals surface area (Å²) in [6.07, 6.45) is 3.25. The average molecular weight is 676 g/mol. The van der Waals surface area contributed by atoms with Crippen LogP contribution in [0.3, 0.4) is 0 Å². The highest BCUT2D eigenvalue weighted by molar-refractivity contribution is 7.90. The number of amides is 4. The molecule has 1 aromatic heterocycles. The first-order valence-electron chi connectivity index (χ1n) is 15.4. The van der Waals surface area contributed by atoms with Crippen LogP contribution in [0.15, 0.2) is 113 Å². The molecule has 1 fully saturated rings. The second kappa shape index (κ2) is 12.8. The molecule has 13 heteroatoms. The molecule has 2 N–H and O–H groups in total. The minimum Gasteiger partial charge on any atom is -0.483 e. The topological polar surface area (TPSA) is 156 Å². The summed E-state index contributed by atoms with van der Waals surface area (Å²) in [5, 5.41) is 7.01. The lowest BCUT2D eigenvalue weighted by atomic mass is 9.96. The highest BCUT2D eigenvalue weighted by atomic mass is 32.2. The Morgan fingerprint density at radius 1 is 0.898 bits per heavy atom. The highest BCUT2D eigenvalue weighted by Gasteiger charge is 2.40. The molecule has 246 valence electrons. The summed E-state index contributed by atoms with van der Waals surface area (Å²) in [5.74, 6) is -1.28. The monoisotopic (exact) mass is 675 g/mol. The van der Waals surface area contributed by atoms with Crippen molar-refractivity contribution < 1.29 is 32.3 Å². The van der Waals surface area contributed by atoms with E-state index in [9.17, 15) is 27.6 Å². The lowest BCUT2D eigenvalue weighted by Crippen LogP contribution is -2.52. The number of benzene rings is 4. The molecule has 4 aromatic carbocycles. The van der Waals surface area contributed by atoms with Crippen LogP contribution in [0.2, 0.25) is 0 Å². The van der Waals surface area contributed by atoms with Crippen molar-refractivity contribution in [2.24, 2.45) is 5.10 Å². The third kappa shape index (κ3) is 5.95. The van der Waals surface area contributed by atoms with Crippen molar-refractivity contribution in [3.63, 3.8) is 0 Å². The molecule has 0 bridgehead atoms. The Kier molecular flexibility index (Phi) is 8.26. The number of nitrogens with zero attached hydrogens (tertiary/aromatic N) is 3. The minimum atomic E-state index is -3.88. The maximum absolute atomic E-state index is 13.4. The van der Waals surface area contributed by atoms with Gasteiger partial charge in [0.15, 0.2) is 6.61 Å². The van der Waals surface area contributed by atoms with E-state index in [1.54, 1.807) is 66.7 Å². The van der Waals surface area contributed by atoms with E-state index in [0.29, 0.717) is 33.3 Å². The standard InChI is InChI=1S/C36H29N5O7S/c42-33-18-17-31(35(44)38-33)40-21-29-26(13-8-14-28(29)36(40)45)27-12-5-7-16-32(27)48-22-34(43)39-37-19-23-20-41(30-15-6-4-11-25(23)30)49(46,47)24-9-2-1-3-10-24/h1-16,19-20,31H,17-18,21-22H2,(H,39,43)(H,38,42,44)/b37-19+. The lowest BCUT2D eigenvalue weighted by molar-refractivity contribution is -0.137. The molecule has 5 aromatic rings. The Hall–Kier alpha value is -6.08. The van der Waals surface area contributed by atoms with E-state index in [0.717, 1.165) is 11.1 Å². The Bertz CT molecular complexity index is 2280. The van der Waals surface area contributed by atoms with E-state index in [4.69, 9.17) is 4.74 Å². The Labute approximate surface area is 281 Å². The zero-order chi connectivity index (χ0) is 34.1. The Morgan fingerprint density at radius 3 is 2.43 bits per heavy atom. The minimum absolute atomic E-state index is 0.142. The molecule has 1 atom stereocenters. The number of hydrogen-bond acceptors (Lipinski definition) is 8. The summed E-state index contributed by atoms with van der Waals surface area (Å²) >= 11 is 0. The molecule has 3 heterocycles. The van der Waals surface area contributed by atoms with E-state index in [1.807, 2.05) is 18.2 Å². The van der Waals surface area contributed by atoms with E-state index in [1.165, 1.54) is 33.4 Å². The van der Waals surface area contributed by atoms with Crippen molar-refractivity contribution >= 4 is 50.8 Å². The smallest absolute Gasteiger partial charge is 0.277 e. The van der Waals surface area contributed by atoms with Crippen molar-refractivity contribution in [2.75, 3.05) is 6.61 Å². The number of piperidine rings is 1. The maximum Gasteiger partial charge on any atom is 0.277 e. The Morgan fingerprint density at radius 2 is 1.61 bits per heavy atom. The number of imide groups is 1. The fourth-order valence-electron chi connectivity index (χ4n) is 6.19. The summed E-state index contributed by atoms with van der Waals surface area (Å²) in [6, 6.07) is 26.8. The maximum atomic E-state index is 13.4. The summed E-state index contributed by atoms with van der Waals surface area (Å²) in [6.45, 7) is -0.196. The van der Waals surface area contributed by atoms with Crippen LogP contribution >= 0.6 is 0 Å². The van der Waals surface area contributed by atoms with Gasteiger partial charge in [0.25, 0.3) is 21.8 Å². The van der Waals surface area contributed by atoms with Gasteiger partial charge in [0.2, 0.25) is 11.8 Å². The molecule has 0 aliphatic carbocycles. The van der Waals surface area contributed by atoms with Gasteiger partial charge in [0, 0.05) is 41.2 Å². The van der Waals surface area contributed by atoms with E-state index in [2.05, 4.69) is 15.8 Å². The molecule has 12 nitrogen and oxygen atoms in total. The van der Waals surface area contributed by atoms with Crippen LogP contribution in [0, 0.1) is 0 Å². The average Bonchev–Trinajstić information content (AvgIpc) is 3.66. The van der Waals surface area contributed by atoms with Gasteiger partial charge < -0.3 is 9.64 Å². The molecule has 0 saturated carbocycles. The van der Waals surface area contributed by atoms with Gasteiger partial charge in [-0.05, 0) is 47.9 Å². The van der Waals surface area contributed by atoms with Gasteiger partial charge in [-0.15, -0.1) is 0 Å². The summed E-state index contributed by atoms with van der Waals surface area (Å²) in [5.41, 5.74) is 5.94. The van der Waals surface area contributed by atoms with E-state index in [-0.39, 0.29) is 42.7 Å². The van der Waals surface area contributed by atoms with Crippen LogP contribution < -0.4 is 15.5 Å². The molecule has 0 spiro atoms. The number of nitrogens with one attached hydrogen (secondary N) is 2. The molecule has 1 unspecified atom stereocenters. The van der Waals surface area contributed by atoms with Gasteiger partial charge in [0.05, 0.1) is 16.6 Å². The molecular weight excluding hydrogens is 646 g/mol. The van der Waals surface area contributed by atoms with Crippen molar-refractivity contribution in [1.29, 1.82) is 0 Å². The van der Waals surface area contributed by atoms with Gasteiger partial charge in [-0.25, -0.2) is 17.8 Å². The number of para-hydroxylation sites is 2. The largest absolute Gasteiger partial charge is 0.483 e. The summed E-state index contributed by atoms with van der Waals surface area (Å²) < 4.78 is 33.8. The van der Waals surface area contributed by atoms with Gasteiger partial charge in [-0.2, -0.15) is 5.10 Å². The lowest BCUT2D eigenvalue weighted by Gasteiger charge is -2.29. The third-order valence-corrected chi connectivity index (χ3v) is 10.2. The summed E-state index contributed by atoms with van der Waals surface area (Å²) in [7, 11) is -3.88. The molecule has 0 radical (unpaired) electrons. The van der Waals surface area contributed by atoms with Gasteiger partial charge in [-0.3, -0.25) is 24.5 Å². The number of carbonyl (C=O) groups is 4. The van der Waals surface area contributed by atoms with E-state index < -0.39 is 27.9 Å². The second-order valence-electron chi connectivity index (χ2n) is 11.5. The third-order valence-electron chi connectivity index (χ3n) is 8.52. The zero-order valence-corrected chi connectivity index (χ0v) is 26.7. The number of rotatable bonds is 9. The van der Waals surface area contributed by atoms with Crippen LogP contribution in [0.25, 0.3) is 22.0 Å². The molecule has 7 rings (SSSR count). The van der Waals surface area contributed by atoms with Crippen molar-refractivity contribution in [3.8, 4) is 16.9 Å². The first kappa shape index (κ1) is 31.5. The first-order valence-corrected chi connectivity index (χ1v) is 16.9. The van der Waals surface area contributed by atoms with Crippen molar-refractivity contribution in [1.82, 2.24) is 19.6 Å². The number of fused-ring (bicyclic) bond motifs is 2. The van der Waals surface area contributed by atoms with Gasteiger partial charge in [0.1, 0.15) is 11.8 Å². The fraction of sp³-hybridized carbons (Fsp3) is 0.139. The second-order valence-corrected chi connectivity index (χ2v) is 13.3. The van der Waals surface area contributed by atoms with Crippen molar-refractivity contribution in [2.45, 2.75) is 30.3 Å². The molecule has 2 aliphatic rings. The molecule has 4 amide bonds. The van der Waals surface area contributed by atoms with E-state index >= 15 is 0 Å². The fourth-order valence-corrected chi connectivity index (χ4v) is 7.58. The van der Waals surface area contributed by atoms with Crippen LogP contribution in [0.1, 0.15) is 34.3 Å². The van der Waals surface area contributed by atoms with Crippen LogP contribution in [0.5, 0.6) is 5.75 Å². The van der Waals surface area contributed by atoms with Crippen LogP contribution in [-0.4, -0.2) is 59.8 Å². The molecular formula is C36H29N5O7S.